The van der Waals surface area contributed by atoms with Crippen LogP contribution in [0.15, 0.2) is 18.2 Å². The first-order valence-electron chi connectivity index (χ1n) is 7.15. The summed E-state index contributed by atoms with van der Waals surface area (Å²) >= 11 is 6.21. The molecule has 1 heterocycles. The summed E-state index contributed by atoms with van der Waals surface area (Å²) in [7, 11) is 2.16. The molecule has 1 aliphatic rings. The van der Waals surface area contributed by atoms with E-state index in [4.69, 9.17) is 22.1 Å². The highest BCUT2D eigenvalue weighted by molar-refractivity contribution is 6.32. The lowest BCUT2D eigenvalue weighted by Crippen LogP contribution is -2.45. The number of likely N-dealkylation sites (N-methyl/N-ethyl adjacent to an activating group) is 1. The number of hydrogen-bond acceptors (Lipinski definition) is 4. The number of piperazine rings is 1. The molecule has 112 valence electrons. The number of nitrogens with zero attached hydrogens (tertiary/aromatic N) is 2. The van der Waals surface area contributed by atoms with Crippen molar-refractivity contribution in [2.75, 3.05) is 46.4 Å². The molecule has 0 saturated carbocycles. The van der Waals surface area contributed by atoms with Gasteiger partial charge in [0, 0.05) is 38.8 Å². The van der Waals surface area contributed by atoms with Crippen molar-refractivity contribution in [3.05, 3.63) is 28.8 Å². The van der Waals surface area contributed by atoms with Crippen LogP contribution in [0.5, 0.6) is 5.75 Å². The molecule has 1 aromatic carbocycles. The smallest absolute Gasteiger partial charge is 0.137 e. The van der Waals surface area contributed by atoms with E-state index in [1.165, 1.54) is 0 Å². The lowest BCUT2D eigenvalue weighted by molar-refractivity contribution is 0.134. The third-order valence-electron chi connectivity index (χ3n) is 3.74. The Hall–Kier alpha value is -0.810. The fourth-order valence-electron chi connectivity index (χ4n) is 2.27. The van der Waals surface area contributed by atoms with Gasteiger partial charge in [-0.15, -0.1) is 0 Å². The average molecular weight is 298 g/mol. The van der Waals surface area contributed by atoms with Crippen LogP contribution in [0.1, 0.15) is 18.5 Å². The fraction of sp³-hybridized carbons (Fsp3) is 0.600. The number of benzene rings is 1. The van der Waals surface area contributed by atoms with Gasteiger partial charge < -0.3 is 15.4 Å². The Bertz CT molecular complexity index is 431. The zero-order valence-corrected chi connectivity index (χ0v) is 13.1. The highest BCUT2D eigenvalue weighted by Crippen LogP contribution is 2.27. The van der Waals surface area contributed by atoms with Gasteiger partial charge >= 0.3 is 0 Å². The van der Waals surface area contributed by atoms with E-state index in [-0.39, 0.29) is 6.04 Å². The summed E-state index contributed by atoms with van der Waals surface area (Å²) in [5.41, 5.74) is 6.86. The Morgan fingerprint density at radius 3 is 2.60 bits per heavy atom. The van der Waals surface area contributed by atoms with Crippen LogP contribution in [0.3, 0.4) is 0 Å². The Balaban J connectivity index is 1.79. The Labute approximate surface area is 126 Å². The van der Waals surface area contributed by atoms with Crippen molar-refractivity contribution in [2.45, 2.75) is 13.0 Å². The molecular weight excluding hydrogens is 274 g/mol. The van der Waals surface area contributed by atoms with Crippen LogP contribution in [0.2, 0.25) is 5.02 Å². The normalized spacial score (nSPS) is 19.0. The number of hydrogen-bond donors (Lipinski definition) is 1. The summed E-state index contributed by atoms with van der Waals surface area (Å²) < 4.78 is 5.77. The van der Waals surface area contributed by atoms with Gasteiger partial charge in [0.25, 0.3) is 0 Å². The van der Waals surface area contributed by atoms with E-state index >= 15 is 0 Å². The molecule has 2 rings (SSSR count). The van der Waals surface area contributed by atoms with E-state index in [2.05, 4.69) is 16.8 Å². The van der Waals surface area contributed by atoms with Crippen molar-refractivity contribution in [2.24, 2.45) is 5.73 Å². The molecule has 0 spiro atoms. The maximum Gasteiger partial charge on any atom is 0.137 e. The van der Waals surface area contributed by atoms with Crippen molar-refractivity contribution in [3.8, 4) is 5.75 Å². The van der Waals surface area contributed by atoms with E-state index in [1.807, 2.05) is 25.1 Å². The summed E-state index contributed by atoms with van der Waals surface area (Å²) in [6.07, 6.45) is 0. The molecule has 1 aromatic rings. The standard InChI is InChI=1S/C15H24ClN3O/c1-12(17)13-3-4-15(14(16)11-13)20-10-9-19-7-5-18(2)6-8-19/h3-4,11-12H,5-10,17H2,1-2H3. The van der Waals surface area contributed by atoms with Crippen molar-refractivity contribution >= 4 is 11.6 Å². The fourth-order valence-corrected chi connectivity index (χ4v) is 2.52. The van der Waals surface area contributed by atoms with Crippen LogP contribution in [-0.2, 0) is 0 Å². The average Bonchev–Trinajstić information content (AvgIpc) is 2.42. The van der Waals surface area contributed by atoms with Crippen molar-refractivity contribution in [1.29, 1.82) is 0 Å². The van der Waals surface area contributed by atoms with Crippen LogP contribution in [-0.4, -0.2) is 56.2 Å². The van der Waals surface area contributed by atoms with Gasteiger partial charge in [0.1, 0.15) is 12.4 Å². The molecule has 1 fully saturated rings. The molecular formula is C15H24ClN3O. The second-order valence-electron chi connectivity index (χ2n) is 5.47. The van der Waals surface area contributed by atoms with Gasteiger partial charge in [0.05, 0.1) is 5.02 Å². The van der Waals surface area contributed by atoms with Gasteiger partial charge in [-0.1, -0.05) is 17.7 Å². The lowest BCUT2D eigenvalue weighted by atomic mass is 10.1. The molecule has 2 N–H and O–H groups in total. The second-order valence-corrected chi connectivity index (χ2v) is 5.88. The first-order chi connectivity index (χ1) is 9.56. The zero-order chi connectivity index (χ0) is 14.5. The van der Waals surface area contributed by atoms with Crippen LogP contribution < -0.4 is 10.5 Å². The number of nitrogens with two attached hydrogens (primary N) is 1. The topological polar surface area (TPSA) is 41.7 Å². The molecule has 1 aliphatic heterocycles. The van der Waals surface area contributed by atoms with Gasteiger partial charge in [0.2, 0.25) is 0 Å². The number of rotatable bonds is 5. The zero-order valence-electron chi connectivity index (χ0n) is 12.3. The monoisotopic (exact) mass is 297 g/mol. The largest absolute Gasteiger partial charge is 0.491 e. The predicted molar refractivity (Wildman–Crippen MR) is 83.5 cm³/mol. The van der Waals surface area contributed by atoms with Crippen molar-refractivity contribution in [3.63, 3.8) is 0 Å². The molecule has 0 aliphatic carbocycles. The van der Waals surface area contributed by atoms with Crippen LogP contribution >= 0.6 is 11.6 Å². The van der Waals surface area contributed by atoms with E-state index in [1.54, 1.807) is 0 Å². The number of ether oxygens (including phenoxy) is 1. The van der Waals surface area contributed by atoms with Crippen molar-refractivity contribution < 1.29 is 4.74 Å². The van der Waals surface area contributed by atoms with E-state index in [0.29, 0.717) is 11.6 Å². The molecule has 5 heteroatoms. The third-order valence-corrected chi connectivity index (χ3v) is 4.04. The van der Waals surface area contributed by atoms with E-state index in [9.17, 15) is 0 Å². The molecule has 20 heavy (non-hydrogen) atoms. The summed E-state index contributed by atoms with van der Waals surface area (Å²) in [5.74, 6) is 0.741. The molecule has 1 atom stereocenters. The van der Waals surface area contributed by atoms with Gasteiger partial charge in [-0.25, -0.2) is 0 Å². The van der Waals surface area contributed by atoms with Crippen molar-refractivity contribution in [1.82, 2.24) is 9.80 Å². The SMILES string of the molecule is CC(N)c1ccc(OCCN2CCN(C)CC2)c(Cl)c1. The van der Waals surface area contributed by atoms with Gasteiger partial charge in [-0.3, -0.25) is 4.90 Å². The minimum Gasteiger partial charge on any atom is -0.491 e. The highest BCUT2D eigenvalue weighted by Gasteiger charge is 2.13. The summed E-state index contributed by atoms with van der Waals surface area (Å²) in [6, 6.07) is 5.76. The Kier molecular flexibility index (Phi) is 5.66. The molecule has 1 saturated heterocycles. The Morgan fingerprint density at radius 1 is 1.30 bits per heavy atom. The maximum absolute atomic E-state index is 6.21. The summed E-state index contributed by atoms with van der Waals surface area (Å²) in [6.45, 7) is 8.03. The molecule has 0 radical (unpaired) electrons. The van der Waals surface area contributed by atoms with Crippen LogP contribution in [0.25, 0.3) is 0 Å². The molecule has 0 aromatic heterocycles. The van der Waals surface area contributed by atoms with E-state index < -0.39 is 0 Å². The summed E-state index contributed by atoms with van der Waals surface area (Å²) in [4.78, 5) is 4.77. The minimum atomic E-state index is -0.00751. The first kappa shape index (κ1) is 15.6. The lowest BCUT2D eigenvalue weighted by Gasteiger charge is -2.32. The maximum atomic E-state index is 6.21. The molecule has 0 amide bonds. The van der Waals surface area contributed by atoms with E-state index in [0.717, 1.165) is 44.0 Å². The van der Waals surface area contributed by atoms with Crippen LogP contribution in [0.4, 0.5) is 0 Å². The first-order valence-corrected chi connectivity index (χ1v) is 7.53. The molecule has 0 bridgehead atoms. The predicted octanol–water partition coefficient (Wildman–Crippen LogP) is 1.99. The summed E-state index contributed by atoms with van der Waals surface area (Å²) in [5, 5.41) is 0.637. The van der Waals surface area contributed by atoms with Gasteiger partial charge in [-0.2, -0.15) is 0 Å². The van der Waals surface area contributed by atoms with Gasteiger partial charge in [0.15, 0.2) is 0 Å². The number of halogens is 1. The van der Waals surface area contributed by atoms with Gasteiger partial charge in [-0.05, 0) is 31.7 Å². The Morgan fingerprint density at radius 2 is 2.00 bits per heavy atom. The second kappa shape index (κ2) is 7.27. The highest BCUT2D eigenvalue weighted by atomic mass is 35.5. The molecule has 1 unspecified atom stereocenters. The quantitative estimate of drug-likeness (QED) is 0.902. The molecule has 4 nitrogen and oxygen atoms in total. The van der Waals surface area contributed by atoms with Crippen LogP contribution in [0, 0.1) is 0 Å². The minimum absolute atomic E-state index is 0.00751. The third kappa shape index (κ3) is 4.35.